The number of hydrogen-bond acceptors (Lipinski definition) is 4. The number of likely N-dealkylation sites (N-methyl/N-ethyl adjacent to an activating group) is 1. The molecule has 0 unspecified atom stereocenters. The Kier molecular flexibility index (Phi) is 5.69. The van der Waals surface area contributed by atoms with Crippen LogP contribution in [0.3, 0.4) is 0 Å². The van der Waals surface area contributed by atoms with Crippen LogP contribution < -0.4 is 5.32 Å². The number of amides is 1. The molecule has 2 aromatic rings. The van der Waals surface area contributed by atoms with E-state index in [4.69, 9.17) is 23.2 Å². The molecule has 1 N–H and O–H groups in total. The fourth-order valence-electron chi connectivity index (χ4n) is 2.21. The molecule has 1 aliphatic heterocycles. The van der Waals surface area contributed by atoms with Crippen molar-refractivity contribution in [2.24, 2.45) is 0 Å². The number of nitrogens with zero attached hydrogens (tertiary/aromatic N) is 2. The van der Waals surface area contributed by atoms with E-state index in [-0.39, 0.29) is 18.3 Å². The Morgan fingerprint density at radius 1 is 1.41 bits per heavy atom. The van der Waals surface area contributed by atoms with Crippen LogP contribution in [-0.4, -0.2) is 29.4 Å². The second-order valence-electron chi connectivity index (χ2n) is 4.95. The summed E-state index contributed by atoms with van der Waals surface area (Å²) < 4.78 is 0. The molecule has 2 heterocycles. The van der Waals surface area contributed by atoms with Crippen molar-refractivity contribution in [3.05, 3.63) is 44.4 Å². The number of aromatic nitrogens is 1. The van der Waals surface area contributed by atoms with Gasteiger partial charge in [0.25, 0.3) is 5.91 Å². The van der Waals surface area contributed by atoms with Gasteiger partial charge in [-0.25, -0.2) is 4.98 Å². The highest BCUT2D eigenvalue weighted by atomic mass is 35.5. The number of thiazole rings is 1. The summed E-state index contributed by atoms with van der Waals surface area (Å²) in [5, 5.41) is 4.27. The number of anilines is 1. The summed E-state index contributed by atoms with van der Waals surface area (Å²) in [6.45, 7) is 1.87. The molecule has 0 atom stereocenters. The number of rotatable bonds is 2. The summed E-state index contributed by atoms with van der Waals surface area (Å²) in [5.74, 6) is -0.267. The van der Waals surface area contributed by atoms with Gasteiger partial charge in [-0.15, -0.1) is 23.7 Å². The molecule has 22 heavy (non-hydrogen) atoms. The lowest BCUT2D eigenvalue weighted by molar-refractivity contribution is 0.102. The molecule has 1 aromatic carbocycles. The van der Waals surface area contributed by atoms with Gasteiger partial charge in [-0.1, -0.05) is 23.2 Å². The maximum atomic E-state index is 12.2. The minimum atomic E-state index is -0.267. The van der Waals surface area contributed by atoms with Crippen LogP contribution in [0.4, 0.5) is 5.13 Å². The Bertz CT molecular complexity index is 705. The van der Waals surface area contributed by atoms with Gasteiger partial charge in [-0.05, 0) is 25.2 Å². The molecule has 0 bridgehead atoms. The summed E-state index contributed by atoms with van der Waals surface area (Å²) >= 11 is 13.4. The van der Waals surface area contributed by atoms with Gasteiger partial charge >= 0.3 is 0 Å². The quantitative estimate of drug-likeness (QED) is 0.855. The van der Waals surface area contributed by atoms with Crippen molar-refractivity contribution < 1.29 is 4.79 Å². The van der Waals surface area contributed by atoms with Crippen molar-refractivity contribution in [1.29, 1.82) is 0 Å². The third-order valence-corrected chi connectivity index (χ3v) is 4.86. The maximum absolute atomic E-state index is 12.2. The zero-order valence-electron chi connectivity index (χ0n) is 11.7. The highest BCUT2D eigenvalue weighted by Crippen LogP contribution is 2.29. The summed E-state index contributed by atoms with van der Waals surface area (Å²) in [5.41, 5.74) is 1.47. The molecule has 0 saturated heterocycles. The van der Waals surface area contributed by atoms with E-state index < -0.39 is 0 Å². The number of halogens is 3. The molecule has 0 radical (unpaired) electrons. The fourth-order valence-corrected chi connectivity index (χ4v) is 3.79. The van der Waals surface area contributed by atoms with Crippen LogP contribution in [0.5, 0.6) is 0 Å². The lowest BCUT2D eigenvalue weighted by atomic mass is 10.2. The van der Waals surface area contributed by atoms with Crippen molar-refractivity contribution in [2.75, 3.05) is 18.9 Å². The first-order chi connectivity index (χ1) is 10.0. The number of carbonyl (C=O) groups excluding carboxylic acids is 1. The van der Waals surface area contributed by atoms with E-state index in [2.05, 4.69) is 22.2 Å². The van der Waals surface area contributed by atoms with Gasteiger partial charge in [0, 0.05) is 29.4 Å². The number of nitrogens with one attached hydrogen (secondary N) is 1. The largest absolute Gasteiger partial charge is 0.301 e. The molecular weight excluding hydrogens is 365 g/mol. The van der Waals surface area contributed by atoms with Crippen LogP contribution in [0.15, 0.2) is 18.2 Å². The molecule has 1 aliphatic rings. The molecule has 0 fully saturated rings. The van der Waals surface area contributed by atoms with Gasteiger partial charge in [0.1, 0.15) is 0 Å². The third-order valence-electron chi connectivity index (χ3n) is 3.32. The average Bonchev–Trinajstić information content (AvgIpc) is 2.79. The lowest BCUT2D eigenvalue weighted by Gasteiger charge is -2.20. The lowest BCUT2D eigenvalue weighted by Crippen LogP contribution is -2.25. The highest BCUT2D eigenvalue weighted by molar-refractivity contribution is 7.15. The van der Waals surface area contributed by atoms with E-state index >= 15 is 0 Å². The van der Waals surface area contributed by atoms with E-state index in [0.29, 0.717) is 20.7 Å². The Hall–Kier alpha value is -0.850. The third kappa shape index (κ3) is 3.73. The van der Waals surface area contributed by atoms with E-state index in [1.54, 1.807) is 18.2 Å². The standard InChI is InChI=1S/C14H13Cl2N3OS.ClH/c1-19-5-4-11-12(7-19)21-14(17-11)18-13(20)9-3-2-8(15)6-10(9)16;/h2-3,6H,4-5,7H2,1H3,(H,17,18,20);1H. The Balaban J connectivity index is 0.00000176. The number of fused-ring (bicyclic) bond motifs is 1. The van der Waals surface area contributed by atoms with Crippen molar-refractivity contribution in [3.8, 4) is 0 Å². The zero-order chi connectivity index (χ0) is 15.0. The normalized spacial score (nSPS) is 14.1. The molecule has 0 saturated carbocycles. The monoisotopic (exact) mass is 377 g/mol. The van der Waals surface area contributed by atoms with Crippen LogP contribution >= 0.6 is 46.9 Å². The van der Waals surface area contributed by atoms with E-state index in [9.17, 15) is 4.79 Å². The molecule has 0 spiro atoms. The molecule has 4 nitrogen and oxygen atoms in total. The fraction of sp³-hybridized carbons (Fsp3) is 0.286. The summed E-state index contributed by atoms with van der Waals surface area (Å²) in [7, 11) is 2.08. The second-order valence-corrected chi connectivity index (χ2v) is 6.88. The van der Waals surface area contributed by atoms with Gasteiger partial charge in [0.05, 0.1) is 16.3 Å². The molecule has 118 valence electrons. The number of benzene rings is 1. The van der Waals surface area contributed by atoms with Crippen LogP contribution in [0.2, 0.25) is 10.0 Å². The van der Waals surface area contributed by atoms with Crippen LogP contribution in [0.1, 0.15) is 20.9 Å². The van der Waals surface area contributed by atoms with Crippen molar-refractivity contribution in [1.82, 2.24) is 9.88 Å². The smallest absolute Gasteiger partial charge is 0.258 e. The van der Waals surface area contributed by atoms with Gasteiger partial charge in [0.2, 0.25) is 0 Å². The van der Waals surface area contributed by atoms with E-state index in [1.165, 1.54) is 16.2 Å². The molecule has 1 amide bonds. The van der Waals surface area contributed by atoms with Crippen LogP contribution in [0, 0.1) is 0 Å². The first kappa shape index (κ1) is 17.5. The Morgan fingerprint density at radius 2 is 2.18 bits per heavy atom. The predicted octanol–water partition coefficient (Wildman–Crippen LogP) is 4.11. The molecule has 1 aromatic heterocycles. The van der Waals surface area contributed by atoms with Crippen molar-refractivity contribution in [3.63, 3.8) is 0 Å². The molecule has 0 aliphatic carbocycles. The highest BCUT2D eigenvalue weighted by Gasteiger charge is 2.20. The van der Waals surface area contributed by atoms with E-state index in [1.807, 2.05) is 0 Å². The SMILES string of the molecule is CN1CCc2nc(NC(=O)c3ccc(Cl)cc3Cl)sc2C1.Cl. The maximum Gasteiger partial charge on any atom is 0.258 e. The second kappa shape index (κ2) is 7.15. The number of hydrogen-bond donors (Lipinski definition) is 1. The van der Waals surface area contributed by atoms with Gasteiger partial charge in [-0.2, -0.15) is 0 Å². The Labute approximate surface area is 148 Å². The number of carbonyl (C=O) groups is 1. The average molecular weight is 379 g/mol. The summed E-state index contributed by atoms with van der Waals surface area (Å²) in [4.78, 5) is 20.2. The summed E-state index contributed by atoms with van der Waals surface area (Å²) in [6.07, 6.45) is 0.917. The molecule has 3 rings (SSSR count). The zero-order valence-corrected chi connectivity index (χ0v) is 14.9. The van der Waals surface area contributed by atoms with Gasteiger partial charge in [-0.3, -0.25) is 10.1 Å². The first-order valence-electron chi connectivity index (χ1n) is 6.46. The predicted molar refractivity (Wildman–Crippen MR) is 93.8 cm³/mol. The summed E-state index contributed by atoms with van der Waals surface area (Å²) in [6, 6.07) is 4.81. The van der Waals surface area contributed by atoms with E-state index in [0.717, 1.165) is 25.2 Å². The first-order valence-corrected chi connectivity index (χ1v) is 8.03. The topological polar surface area (TPSA) is 45.2 Å². The molecular formula is C14H14Cl3N3OS. The van der Waals surface area contributed by atoms with Crippen LogP contribution in [-0.2, 0) is 13.0 Å². The van der Waals surface area contributed by atoms with Crippen molar-refractivity contribution in [2.45, 2.75) is 13.0 Å². The minimum Gasteiger partial charge on any atom is -0.301 e. The molecule has 8 heteroatoms. The van der Waals surface area contributed by atoms with Crippen LogP contribution in [0.25, 0.3) is 0 Å². The van der Waals surface area contributed by atoms with Gasteiger partial charge in [0.15, 0.2) is 5.13 Å². The Morgan fingerprint density at radius 3 is 2.91 bits per heavy atom. The van der Waals surface area contributed by atoms with Crippen molar-refractivity contribution >= 4 is 58.0 Å². The van der Waals surface area contributed by atoms with Gasteiger partial charge < -0.3 is 4.90 Å². The minimum absolute atomic E-state index is 0.